The standard InChI is InChI=1S/C24H21FN2O4S/c1-15-19(10-12-31-18-3-2-11-26-13-18)20(24(29)30)8-9-21(15)27-22(28)14-32-23(27)16-4-6-17(25)7-5-16/h2-9,11,13,23H,10,12,14H2,1H3,(H,29,30). The third-order valence-corrected chi connectivity index (χ3v) is 6.55. The molecule has 1 aliphatic rings. The number of aromatic nitrogens is 1. The number of nitrogens with zero attached hydrogens (tertiary/aromatic N) is 2. The van der Waals surface area contributed by atoms with Crippen LogP contribution in [0.25, 0.3) is 0 Å². The van der Waals surface area contributed by atoms with E-state index in [1.807, 2.05) is 6.92 Å². The molecule has 3 aromatic rings. The van der Waals surface area contributed by atoms with Crippen LogP contribution in [0.2, 0.25) is 0 Å². The maximum atomic E-state index is 13.4. The zero-order valence-electron chi connectivity index (χ0n) is 17.3. The fraction of sp³-hybridized carbons (Fsp3) is 0.208. The zero-order chi connectivity index (χ0) is 22.7. The van der Waals surface area contributed by atoms with E-state index in [1.165, 1.54) is 30.0 Å². The number of carbonyl (C=O) groups is 2. The molecule has 1 saturated heterocycles. The molecule has 0 spiro atoms. The Kier molecular flexibility index (Phi) is 6.41. The molecular weight excluding hydrogens is 431 g/mol. The molecule has 1 N–H and O–H groups in total. The number of benzene rings is 2. The lowest BCUT2D eigenvalue weighted by molar-refractivity contribution is -0.115. The van der Waals surface area contributed by atoms with Crippen LogP contribution in [0.15, 0.2) is 60.9 Å². The van der Waals surface area contributed by atoms with Crippen molar-refractivity contribution in [3.05, 3.63) is 89.0 Å². The molecule has 164 valence electrons. The van der Waals surface area contributed by atoms with Gasteiger partial charge in [-0.15, -0.1) is 11.8 Å². The molecule has 1 aromatic heterocycles. The van der Waals surface area contributed by atoms with Gasteiger partial charge in [-0.2, -0.15) is 0 Å². The molecule has 1 aliphatic heterocycles. The average Bonchev–Trinajstić information content (AvgIpc) is 3.17. The maximum Gasteiger partial charge on any atom is 0.335 e. The highest BCUT2D eigenvalue weighted by Crippen LogP contribution is 2.43. The van der Waals surface area contributed by atoms with Crippen molar-refractivity contribution in [2.24, 2.45) is 0 Å². The Labute approximate surface area is 189 Å². The van der Waals surface area contributed by atoms with Crippen molar-refractivity contribution in [1.82, 2.24) is 4.98 Å². The van der Waals surface area contributed by atoms with Crippen LogP contribution >= 0.6 is 11.8 Å². The van der Waals surface area contributed by atoms with Crippen LogP contribution in [0.4, 0.5) is 10.1 Å². The molecule has 8 heteroatoms. The first-order valence-electron chi connectivity index (χ1n) is 10.0. The normalized spacial score (nSPS) is 15.8. The van der Waals surface area contributed by atoms with E-state index in [0.717, 1.165) is 5.56 Å². The summed E-state index contributed by atoms with van der Waals surface area (Å²) in [5, 5.41) is 9.39. The Balaban J connectivity index is 1.66. The predicted molar refractivity (Wildman–Crippen MR) is 121 cm³/mol. The third kappa shape index (κ3) is 4.45. The van der Waals surface area contributed by atoms with Crippen molar-refractivity contribution < 1.29 is 23.8 Å². The molecule has 1 amide bonds. The first kappa shape index (κ1) is 21.8. The molecule has 1 unspecified atom stereocenters. The number of hydrogen-bond acceptors (Lipinski definition) is 5. The monoisotopic (exact) mass is 452 g/mol. The molecule has 0 bridgehead atoms. The van der Waals surface area contributed by atoms with Gasteiger partial charge in [0.1, 0.15) is 16.9 Å². The van der Waals surface area contributed by atoms with Gasteiger partial charge in [-0.25, -0.2) is 9.18 Å². The van der Waals surface area contributed by atoms with Gasteiger partial charge < -0.3 is 9.84 Å². The number of hydrogen-bond donors (Lipinski definition) is 1. The topological polar surface area (TPSA) is 79.7 Å². The van der Waals surface area contributed by atoms with Gasteiger partial charge in [0.05, 0.1) is 24.1 Å². The summed E-state index contributed by atoms with van der Waals surface area (Å²) < 4.78 is 19.1. The predicted octanol–water partition coefficient (Wildman–Crippen LogP) is 4.63. The van der Waals surface area contributed by atoms with Gasteiger partial charge in [0.2, 0.25) is 5.91 Å². The number of ether oxygens (including phenoxy) is 1. The van der Waals surface area contributed by atoms with E-state index < -0.39 is 5.97 Å². The highest BCUT2D eigenvalue weighted by atomic mass is 32.2. The minimum atomic E-state index is -1.03. The number of rotatable bonds is 7. The van der Waals surface area contributed by atoms with Crippen molar-refractivity contribution >= 4 is 29.3 Å². The highest BCUT2D eigenvalue weighted by molar-refractivity contribution is 8.00. The lowest BCUT2D eigenvalue weighted by Crippen LogP contribution is -2.29. The van der Waals surface area contributed by atoms with Gasteiger partial charge in [-0.1, -0.05) is 12.1 Å². The second-order valence-corrected chi connectivity index (χ2v) is 8.38. The Morgan fingerprint density at radius 2 is 2.03 bits per heavy atom. The molecule has 1 fully saturated rings. The van der Waals surface area contributed by atoms with Crippen molar-refractivity contribution in [2.45, 2.75) is 18.7 Å². The second-order valence-electron chi connectivity index (χ2n) is 7.31. The number of carboxylic acids is 1. The third-order valence-electron chi connectivity index (χ3n) is 5.34. The summed E-state index contributed by atoms with van der Waals surface area (Å²) in [6, 6.07) is 12.8. The molecule has 2 aromatic carbocycles. The van der Waals surface area contributed by atoms with E-state index in [2.05, 4.69) is 4.98 Å². The summed E-state index contributed by atoms with van der Waals surface area (Å²) in [6.45, 7) is 2.08. The summed E-state index contributed by atoms with van der Waals surface area (Å²) >= 11 is 1.46. The van der Waals surface area contributed by atoms with Crippen molar-refractivity contribution in [3.8, 4) is 5.75 Å². The molecule has 2 heterocycles. The van der Waals surface area contributed by atoms with Crippen LogP contribution in [-0.2, 0) is 11.2 Å². The fourth-order valence-electron chi connectivity index (χ4n) is 3.79. The van der Waals surface area contributed by atoms with Gasteiger partial charge in [0, 0.05) is 18.3 Å². The van der Waals surface area contributed by atoms with Crippen molar-refractivity contribution in [1.29, 1.82) is 0 Å². The van der Waals surface area contributed by atoms with Gasteiger partial charge in [0.25, 0.3) is 0 Å². The second kappa shape index (κ2) is 9.40. The minimum Gasteiger partial charge on any atom is -0.492 e. The van der Waals surface area contributed by atoms with Crippen LogP contribution in [0.3, 0.4) is 0 Å². The number of thioether (sulfide) groups is 1. The van der Waals surface area contributed by atoms with Crippen LogP contribution in [-0.4, -0.2) is 34.3 Å². The van der Waals surface area contributed by atoms with E-state index in [9.17, 15) is 19.1 Å². The average molecular weight is 453 g/mol. The van der Waals surface area contributed by atoms with Crippen molar-refractivity contribution in [3.63, 3.8) is 0 Å². The Bertz CT molecular complexity index is 1140. The fourth-order valence-corrected chi connectivity index (χ4v) is 4.96. The lowest BCUT2D eigenvalue weighted by Gasteiger charge is -2.27. The first-order valence-corrected chi connectivity index (χ1v) is 11.1. The van der Waals surface area contributed by atoms with Gasteiger partial charge >= 0.3 is 5.97 Å². The summed E-state index contributed by atoms with van der Waals surface area (Å²) in [4.78, 5) is 30.3. The minimum absolute atomic E-state index is 0.0759. The smallest absolute Gasteiger partial charge is 0.335 e. The summed E-state index contributed by atoms with van der Waals surface area (Å²) in [7, 11) is 0. The van der Waals surface area contributed by atoms with Gasteiger partial charge in [-0.05, 0) is 60.0 Å². The number of carbonyl (C=O) groups excluding carboxylic acids is 1. The van der Waals surface area contributed by atoms with Crippen LogP contribution in [0.5, 0.6) is 5.75 Å². The quantitative estimate of drug-likeness (QED) is 0.563. The Morgan fingerprint density at radius 3 is 2.72 bits per heavy atom. The molecule has 0 saturated carbocycles. The van der Waals surface area contributed by atoms with Crippen LogP contribution in [0.1, 0.15) is 32.4 Å². The van der Waals surface area contributed by atoms with Crippen molar-refractivity contribution in [2.75, 3.05) is 17.3 Å². The maximum absolute atomic E-state index is 13.4. The molecular formula is C24H21FN2O4S. The van der Waals surface area contributed by atoms with Gasteiger partial charge in [-0.3, -0.25) is 14.7 Å². The molecule has 0 aliphatic carbocycles. The largest absolute Gasteiger partial charge is 0.492 e. The number of halogens is 1. The molecule has 6 nitrogen and oxygen atoms in total. The lowest BCUT2D eigenvalue weighted by atomic mass is 9.96. The molecule has 4 rings (SSSR count). The van der Waals surface area contributed by atoms with E-state index >= 15 is 0 Å². The SMILES string of the molecule is Cc1c(N2C(=O)CSC2c2ccc(F)cc2)ccc(C(=O)O)c1CCOc1cccnc1. The van der Waals surface area contributed by atoms with E-state index in [-0.39, 0.29) is 29.3 Å². The van der Waals surface area contributed by atoms with E-state index in [1.54, 1.807) is 47.6 Å². The number of carboxylic acid groups (broad SMARTS) is 1. The number of aromatic carboxylic acids is 1. The van der Waals surface area contributed by atoms with Crippen LogP contribution in [0, 0.1) is 12.7 Å². The Hall–Kier alpha value is -3.39. The Morgan fingerprint density at radius 1 is 1.25 bits per heavy atom. The zero-order valence-corrected chi connectivity index (χ0v) is 18.1. The molecule has 32 heavy (non-hydrogen) atoms. The molecule has 1 atom stereocenters. The number of amides is 1. The van der Waals surface area contributed by atoms with Crippen LogP contribution < -0.4 is 9.64 Å². The highest BCUT2D eigenvalue weighted by Gasteiger charge is 2.35. The summed E-state index contributed by atoms with van der Waals surface area (Å²) in [5.41, 5.74) is 2.96. The van der Waals surface area contributed by atoms with E-state index in [4.69, 9.17) is 4.74 Å². The summed E-state index contributed by atoms with van der Waals surface area (Å²) in [5.74, 6) is -0.559. The van der Waals surface area contributed by atoms with E-state index in [0.29, 0.717) is 34.7 Å². The number of pyridine rings is 1. The molecule has 0 radical (unpaired) electrons. The van der Waals surface area contributed by atoms with Gasteiger partial charge in [0.15, 0.2) is 0 Å². The summed E-state index contributed by atoms with van der Waals surface area (Å²) in [6.07, 6.45) is 3.59. The first-order chi connectivity index (χ1) is 15.5. The number of anilines is 1.